The standard InChI is InChI=1S/C21H32N2O3/c1-16-8-10-17(11-9-16)19(14-15-24)22-20(25)12-13-21(26)23(2)18-6-4-3-5-7-18/h8-11,18-19,24H,3-7,12-15H2,1-2H3,(H,22,25). The van der Waals surface area contributed by atoms with E-state index in [9.17, 15) is 14.7 Å². The molecule has 144 valence electrons. The van der Waals surface area contributed by atoms with Crippen molar-refractivity contribution in [2.75, 3.05) is 13.7 Å². The highest BCUT2D eigenvalue weighted by atomic mass is 16.3. The number of aryl methyl sites for hydroxylation is 1. The van der Waals surface area contributed by atoms with Crippen molar-refractivity contribution < 1.29 is 14.7 Å². The Bertz CT molecular complexity index is 579. The van der Waals surface area contributed by atoms with Crippen LogP contribution in [0.2, 0.25) is 0 Å². The van der Waals surface area contributed by atoms with Crippen molar-refractivity contribution in [1.29, 1.82) is 0 Å². The fourth-order valence-electron chi connectivity index (χ4n) is 3.59. The topological polar surface area (TPSA) is 69.6 Å². The van der Waals surface area contributed by atoms with Crippen LogP contribution >= 0.6 is 0 Å². The highest BCUT2D eigenvalue weighted by Gasteiger charge is 2.22. The quantitative estimate of drug-likeness (QED) is 0.748. The van der Waals surface area contributed by atoms with Crippen molar-refractivity contribution in [2.45, 2.75) is 70.4 Å². The Morgan fingerprint density at radius 1 is 1.15 bits per heavy atom. The van der Waals surface area contributed by atoms with Crippen molar-refractivity contribution in [3.63, 3.8) is 0 Å². The average Bonchev–Trinajstić information content (AvgIpc) is 2.66. The van der Waals surface area contributed by atoms with Crippen LogP contribution in [0, 0.1) is 6.92 Å². The molecule has 1 aliphatic carbocycles. The van der Waals surface area contributed by atoms with Crippen molar-refractivity contribution in [3.8, 4) is 0 Å². The SMILES string of the molecule is Cc1ccc(C(CCO)NC(=O)CCC(=O)N(C)C2CCCCC2)cc1. The van der Waals surface area contributed by atoms with Crippen LogP contribution in [-0.4, -0.2) is 41.5 Å². The third-order valence-corrected chi connectivity index (χ3v) is 5.31. The van der Waals surface area contributed by atoms with E-state index in [1.165, 1.54) is 19.3 Å². The number of carbonyl (C=O) groups excluding carboxylic acids is 2. The smallest absolute Gasteiger partial charge is 0.223 e. The molecule has 1 aromatic carbocycles. The largest absolute Gasteiger partial charge is 0.396 e. The fourth-order valence-corrected chi connectivity index (χ4v) is 3.59. The Morgan fingerprint density at radius 3 is 2.42 bits per heavy atom. The maximum atomic E-state index is 12.4. The van der Waals surface area contributed by atoms with Crippen molar-refractivity contribution in [2.24, 2.45) is 0 Å². The molecule has 0 aromatic heterocycles. The maximum absolute atomic E-state index is 12.4. The number of benzene rings is 1. The summed E-state index contributed by atoms with van der Waals surface area (Å²) in [5.74, 6) is -0.101. The van der Waals surface area contributed by atoms with E-state index < -0.39 is 0 Å². The van der Waals surface area contributed by atoms with Crippen LogP contribution in [0.25, 0.3) is 0 Å². The summed E-state index contributed by atoms with van der Waals surface area (Å²) in [7, 11) is 1.86. The second-order valence-corrected chi connectivity index (χ2v) is 7.34. The van der Waals surface area contributed by atoms with Crippen LogP contribution in [0.15, 0.2) is 24.3 Å². The lowest BCUT2D eigenvalue weighted by atomic mass is 9.94. The fraction of sp³-hybridized carbons (Fsp3) is 0.619. The van der Waals surface area contributed by atoms with Crippen LogP contribution in [0.3, 0.4) is 0 Å². The van der Waals surface area contributed by atoms with Gasteiger partial charge >= 0.3 is 0 Å². The average molecular weight is 360 g/mol. The predicted octanol–water partition coefficient (Wildman–Crippen LogP) is 3.11. The number of nitrogens with zero attached hydrogens (tertiary/aromatic N) is 1. The molecule has 5 heteroatoms. The first-order chi connectivity index (χ1) is 12.5. The van der Waals surface area contributed by atoms with E-state index in [1.54, 1.807) is 0 Å². The molecule has 0 radical (unpaired) electrons. The summed E-state index contributed by atoms with van der Waals surface area (Å²) in [5.41, 5.74) is 2.13. The van der Waals surface area contributed by atoms with Gasteiger partial charge in [0.2, 0.25) is 11.8 Å². The van der Waals surface area contributed by atoms with Crippen LogP contribution in [0.1, 0.15) is 68.5 Å². The molecular formula is C21H32N2O3. The number of nitrogens with one attached hydrogen (secondary N) is 1. The first-order valence-corrected chi connectivity index (χ1v) is 9.73. The molecule has 1 atom stereocenters. The highest BCUT2D eigenvalue weighted by molar-refractivity contribution is 5.84. The molecule has 0 bridgehead atoms. The Hall–Kier alpha value is -1.88. The van der Waals surface area contributed by atoms with E-state index in [-0.39, 0.29) is 37.3 Å². The molecule has 2 N–H and O–H groups in total. The minimum atomic E-state index is -0.223. The third-order valence-electron chi connectivity index (χ3n) is 5.31. The second-order valence-electron chi connectivity index (χ2n) is 7.34. The van der Waals surface area contributed by atoms with Crippen LogP contribution in [0.4, 0.5) is 0 Å². The maximum Gasteiger partial charge on any atom is 0.223 e. The summed E-state index contributed by atoms with van der Waals surface area (Å²) in [5, 5.41) is 12.2. The molecule has 1 fully saturated rings. The van der Waals surface area contributed by atoms with E-state index in [4.69, 9.17) is 0 Å². The lowest BCUT2D eigenvalue weighted by molar-refractivity contribution is -0.134. The van der Waals surface area contributed by atoms with Crippen LogP contribution in [0.5, 0.6) is 0 Å². The van der Waals surface area contributed by atoms with E-state index >= 15 is 0 Å². The number of aliphatic hydroxyl groups is 1. The molecule has 2 rings (SSSR count). The minimum absolute atomic E-state index is 0.00215. The summed E-state index contributed by atoms with van der Waals surface area (Å²) in [6.07, 6.45) is 6.64. The number of hydrogen-bond donors (Lipinski definition) is 2. The second kappa shape index (κ2) is 10.3. The lowest BCUT2D eigenvalue weighted by Gasteiger charge is -2.31. The van der Waals surface area contributed by atoms with Gasteiger partial charge in [0.25, 0.3) is 0 Å². The number of hydrogen-bond acceptors (Lipinski definition) is 3. The van der Waals surface area contributed by atoms with E-state index in [0.717, 1.165) is 24.0 Å². The van der Waals surface area contributed by atoms with E-state index in [0.29, 0.717) is 12.5 Å². The Balaban J connectivity index is 1.83. The van der Waals surface area contributed by atoms with Gasteiger partial charge in [0.05, 0.1) is 6.04 Å². The van der Waals surface area contributed by atoms with Gasteiger partial charge < -0.3 is 15.3 Å². The predicted molar refractivity (Wildman–Crippen MR) is 103 cm³/mol. The molecule has 0 saturated heterocycles. The van der Waals surface area contributed by atoms with Gasteiger partial charge in [-0.25, -0.2) is 0 Å². The van der Waals surface area contributed by atoms with Gasteiger partial charge in [0.1, 0.15) is 0 Å². The van der Waals surface area contributed by atoms with E-state index in [2.05, 4.69) is 5.32 Å². The first kappa shape index (κ1) is 20.4. The first-order valence-electron chi connectivity index (χ1n) is 9.73. The Kier molecular flexibility index (Phi) is 8.10. The molecule has 0 spiro atoms. The Labute approximate surface area is 156 Å². The van der Waals surface area contributed by atoms with Gasteiger partial charge in [0, 0.05) is 32.5 Å². The van der Waals surface area contributed by atoms with Crippen LogP contribution in [-0.2, 0) is 9.59 Å². The van der Waals surface area contributed by atoms with Crippen LogP contribution < -0.4 is 5.32 Å². The molecule has 2 amide bonds. The summed E-state index contributed by atoms with van der Waals surface area (Å²) in [4.78, 5) is 26.5. The lowest BCUT2D eigenvalue weighted by Crippen LogP contribution is -2.39. The monoisotopic (exact) mass is 360 g/mol. The van der Waals surface area contributed by atoms with Crippen molar-refractivity contribution >= 4 is 11.8 Å². The number of carbonyl (C=O) groups is 2. The third kappa shape index (κ3) is 6.13. The molecule has 1 saturated carbocycles. The van der Waals surface area contributed by atoms with Gasteiger partial charge in [0.15, 0.2) is 0 Å². The molecule has 0 heterocycles. The van der Waals surface area contributed by atoms with E-state index in [1.807, 2.05) is 43.1 Å². The summed E-state index contributed by atoms with van der Waals surface area (Å²) >= 11 is 0. The van der Waals surface area contributed by atoms with Gasteiger partial charge in [-0.05, 0) is 31.7 Å². The molecule has 26 heavy (non-hydrogen) atoms. The summed E-state index contributed by atoms with van der Waals surface area (Å²) in [6, 6.07) is 8.03. The zero-order chi connectivity index (χ0) is 18.9. The van der Waals surface area contributed by atoms with Crippen molar-refractivity contribution in [1.82, 2.24) is 10.2 Å². The molecule has 0 aliphatic heterocycles. The normalized spacial score (nSPS) is 16.1. The summed E-state index contributed by atoms with van der Waals surface area (Å²) < 4.78 is 0. The zero-order valence-electron chi connectivity index (χ0n) is 16.0. The highest BCUT2D eigenvalue weighted by Crippen LogP contribution is 2.22. The van der Waals surface area contributed by atoms with Gasteiger partial charge in [-0.15, -0.1) is 0 Å². The van der Waals surface area contributed by atoms with Gasteiger partial charge in [-0.3, -0.25) is 9.59 Å². The Morgan fingerprint density at radius 2 is 1.81 bits per heavy atom. The van der Waals surface area contributed by atoms with Gasteiger partial charge in [-0.1, -0.05) is 49.1 Å². The van der Waals surface area contributed by atoms with Crippen molar-refractivity contribution in [3.05, 3.63) is 35.4 Å². The number of aliphatic hydroxyl groups excluding tert-OH is 1. The molecule has 1 unspecified atom stereocenters. The molecule has 1 aliphatic rings. The number of amides is 2. The van der Waals surface area contributed by atoms with Gasteiger partial charge in [-0.2, -0.15) is 0 Å². The summed E-state index contributed by atoms with van der Waals surface area (Å²) in [6.45, 7) is 2.01. The number of rotatable bonds is 8. The molecule has 1 aromatic rings. The minimum Gasteiger partial charge on any atom is -0.396 e. The molecular weight excluding hydrogens is 328 g/mol. The zero-order valence-corrected chi connectivity index (χ0v) is 16.0. The molecule has 5 nitrogen and oxygen atoms in total.